The number of benzene rings is 1. The molecule has 30 heavy (non-hydrogen) atoms. The lowest BCUT2D eigenvalue weighted by atomic mass is 9.89. The van der Waals surface area contributed by atoms with Crippen molar-refractivity contribution in [1.29, 1.82) is 0 Å². The summed E-state index contributed by atoms with van der Waals surface area (Å²) in [5.74, 6) is -0.948. The monoisotopic (exact) mass is 422 g/mol. The minimum Gasteiger partial charge on any atom is -0.494 e. The fourth-order valence-electron chi connectivity index (χ4n) is 3.97. The summed E-state index contributed by atoms with van der Waals surface area (Å²) in [6, 6.07) is 7.72. The van der Waals surface area contributed by atoms with Gasteiger partial charge in [0.15, 0.2) is 0 Å². The van der Waals surface area contributed by atoms with Crippen LogP contribution in [0.15, 0.2) is 24.3 Å². The number of aliphatic hydroxyl groups excluding tert-OH is 2. The van der Waals surface area contributed by atoms with Gasteiger partial charge in [-0.05, 0) is 69.1 Å². The molecule has 0 saturated carbocycles. The second-order valence-corrected chi connectivity index (χ2v) is 7.78. The number of aliphatic hydroxyl groups is 2. The average molecular weight is 423 g/mol. The Kier molecular flexibility index (Phi) is 10.1. The van der Waals surface area contributed by atoms with E-state index in [1.807, 2.05) is 31.2 Å². The number of hydroxylamine groups is 1. The van der Waals surface area contributed by atoms with Crippen LogP contribution in [0.2, 0.25) is 0 Å². The van der Waals surface area contributed by atoms with Gasteiger partial charge in [0.2, 0.25) is 5.91 Å². The van der Waals surface area contributed by atoms with Crippen LogP contribution in [0.4, 0.5) is 0 Å². The minimum absolute atomic E-state index is 0.141. The molecule has 1 saturated heterocycles. The summed E-state index contributed by atoms with van der Waals surface area (Å²) >= 11 is 0. The third-order valence-corrected chi connectivity index (χ3v) is 5.76. The number of carbonyl (C=O) groups is 2. The predicted octanol–water partition coefficient (Wildman–Crippen LogP) is 1.51. The van der Waals surface area contributed by atoms with Crippen molar-refractivity contribution in [3.63, 3.8) is 0 Å². The molecule has 0 spiro atoms. The van der Waals surface area contributed by atoms with Gasteiger partial charge in [-0.25, -0.2) is 5.48 Å². The van der Waals surface area contributed by atoms with Crippen LogP contribution in [-0.4, -0.2) is 64.5 Å². The van der Waals surface area contributed by atoms with E-state index in [0.29, 0.717) is 44.9 Å². The predicted molar refractivity (Wildman–Crippen MR) is 111 cm³/mol. The van der Waals surface area contributed by atoms with Crippen LogP contribution in [-0.2, 0) is 16.0 Å². The van der Waals surface area contributed by atoms with Gasteiger partial charge in [0.05, 0.1) is 12.5 Å². The van der Waals surface area contributed by atoms with E-state index in [9.17, 15) is 14.7 Å². The lowest BCUT2D eigenvalue weighted by molar-refractivity contribution is -0.151. The van der Waals surface area contributed by atoms with Crippen LogP contribution in [0.1, 0.15) is 44.6 Å². The first-order chi connectivity index (χ1) is 14.5. The van der Waals surface area contributed by atoms with Gasteiger partial charge in [-0.1, -0.05) is 12.1 Å². The lowest BCUT2D eigenvalue weighted by Gasteiger charge is -2.35. The quantitative estimate of drug-likeness (QED) is 0.317. The molecule has 8 nitrogen and oxygen atoms in total. The van der Waals surface area contributed by atoms with Crippen molar-refractivity contribution >= 4 is 11.8 Å². The number of hydrogen-bond donors (Lipinski definition) is 4. The summed E-state index contributed by atoms with van der Waals surface area (Å²) in [5.41, 5.74) is 2.53. The summed E-state index contributed by atoms with van der Waals surface area (Å²) in [7, 11) is 0. The first-order valence-corrected chi connectivity index (χ1v) is 10.7. The lowest BCUT2D eigenvalue weighted by Crippen LogP contribution is -2.48. The van der Waals surface area contributed by atoms with Gasteiger partial charge in [0, 0.05) is 19.7 Å². The number of nitrogens with zero attached hydrogens (tertiary/aromatic N) is 1. The van der Waals surface area contributed by atoms with Gasteiger partial charge in [-0.3, -0.25) is 14.8 Å². The number of amides is 2. The van der Waals surface area contributed by atoms with E-state index in [-0.39, 0.29) is 12.5 Å². The zero-order valence-electron chi connectivity index (χ0n) is 17.6. The Morgan fingerprint density at radius 1 is 1.23 bits per heavy atom. The molecule has 0 aliphatic carbocycles. The molecule has 0 radical (unpaired) electrons. The van der Waals surface area contributed by atoms with Crippen LogP contribution in [0, 0.1) is 11.8 Å². The van der Waals surface area contributed by atoms with E-state index < -0.39 is 17.9 Å². The third-order valence-electron chi connectivity index (χ3n) is 5.76. The van der Waals surface area contributed by atoms with Crippen LogP contribution in [0.3, 0.4) is 0 Å². The molecule has 168 valence electrons. The maximum atomic E-state index is 13.0. The number of rotatable bonds is 11. The molecule has 1 heterocycles. The summed E-state index contributed by atoms with van der Waals surface area (Å²) in [5, 5.41) is 28.3. The summed E-state index contributed by atoms with van der Waals surface area (Å²) < 4.78 is 5.43. The molecule has 1 unspecified atom stereocenters. The van der Waals surface area contributed by atoms with Crippen LogP contribution in [0.5, 0.6) is 5.75 Å². The van der Waals surface area contributed by atoms with Gasteiger partial charge in [0.1, 0.15) is 11.9 Å². The highest BCUT2D eigenvalue weighted by molar-refractivity contribution is 5.88. The van der Waals surface area contributed by atoms with Crippen molar-refractivity contribution in [2.45, 2.75) is 51.6 Å². The molecule has 1 aromatic rings. The Morgan fingerprint density at radius 3 is 2.47 bits per heavy atom. The standard InChI is InChI=1S/C22H34N2O6/c1-2-30-18-8-6-16(7-9-18)4-3-5-19(20(26)21(27)23-29)22(28)24-13-10-17(11-14-24)12-15-25/h6-9,17,19-20,25-26,29H,2-5,10-15H2,1H3,(H,23,27)/t19?,20-/m0/s1. The Hall–Kier alpha value is -2.16. The summed E-state index contributed by atoms with van der Waals surface area (Å²) in [6.45, 7) is 3.76. The van der Waals surface area contributed by atoms with E-state index in [2.05, 4.69) is 0 Å². The second kappa shape index (κ2) is 12.5. The Labute approximate surface area is 177 Å². The number of piperidine rings is 1. The average Bonchev–Trinajstić information content (AvgIpc) is 2.77. The Bertz CT molecular complexity index is 658. The molecule has 8 heteroatoms. The number of aryl methyl sites for hydroxylation is 1. The highest BCUT2D eigenvalue weighted by Gasteiger charge is 2.35. The number of ether oxygens (including phenoxy) is 1. The van der Waals surface area contributed by atoms with E-state index in [1.54, 1.807) is 4.90 Å². The molecule has 1 aliphatic heterocycles. The fourth-order valence-corrected chi connectivity index (χ4v) is 3.97. The Balaban J connectivity index is 1.95. The van der Waals surface area contributed by atoms with Crippen LogP contribution < -0.4 is 10.2 Å². The topological polar surface area (TPSA) is 119 Å². The number of hydrogen-bond acceptors (Lipinski definition) is 6. The Morgan fingerprint density at radius 2 is 1.90 bits per heavy atom. The highest BCUT2D eigenvalue weighted by Crippen LogP contribution is 2.24. The number of likely N-dealkylation sites (tertiary alicyclic amines) is 1. The molecule has 1 aliphatic rings. The third kappa shape index (κ3) is 6.97. The molecule has 4 N–H and O–H groups in total. The van der Waals surface area contributed by atoms with E-state index >= 15 is 0 Å². The zero-order chi connectivity index (χ0) is 21.9. The van der Waals surface area contributed by atoms with Crippen molar-refractivity contribution in [1.82, 2.24) is 10.4 Å². The van der Waals surface area contributed by atoms with Crippen molar-refractivity contribution < 1.29 is 29.7 Å². The van der Waals surface area contributed by atoms with Crippen molar-refractivity contribution in [2.75, 3.05) is 26.3 Å². The van der Waals surface area contributed by atoms with Gasteiger partial charge < -0.3 is 19.8 Å². The minimum atomic E-state index is -1.60. The van der Waals surface area contributed by atoms with Gasteiger partial charge in [0.25, 0.3) is 5.91 Å². The molecule has 0 bridgehead atoms. The molecule has 2 atom stereocenters. The first kappa shape index (κ1) is 24.1. The van der Waals surface area contributed by atoms with Crippen LogP contribution >= 0.6 is 0 Å². The normalized spacial score (nSPS) is 16.7. The zero-order valence-corrected chi connectivity index (χ0v) is 17.6. The van der Waals surface area contributed by atoms with E-state index in [1.165, 1.54) is 5.48 Å². The molecular formula is C22H34N2O6. The highest BCUT2D eigenvalue weighted by atomic mass is 16.5. The maximum absolute atomic E-state index is 13.0. The van der Waals surface area contributed by atoms with E-state index in [4.69, 9.17) is 15.1 Å². The maximum Gasteiger partial charge on any atom is 0.272 e. The number of nitrogens with one attached hydrogen (secondary N) is 1. The van der Waals surface area contributed by atoms with Gasteiger partial charge >= 0.3 is 0 Å². The SMILES string of the molecule is CCOc1ccc(CCCC(C(=O)N2CCC(CCO)CC2)[C@H](O)C(=O)NO)cc1. The van der Waals surface area contributed by atoms with E-state index in [0.717, 1.165) is 30.6 Å². The molecule has 2 rings (SSSR count). The van der Waals surface area contributed by atoms with Gasteiger partial charge in [-0.15, -0.1) is 0 Å². The van der Waals surface area contributed by atoms with Crippen molar-refractivity contribution in [3.05, 3.63) is 29.8 Å². The molecular weight excluding hydrogens is 388 g/mol. The smallest absolute Gasteiger partial charge is 0.272 e. The number of carbonyl (C=O) groups excluding carboxylic acids is 2. The van der Waals surface area contributed by atoms with Gasteiger partial charge in [-0.2, -0.15) is 0 Å². The summed E-state index contributed by atoms with van der Waals surface area (Å²) in [4.78, 5) is 26.5. The van der Waals surface area contributed by atoms with Crippen molar-refractivity contribution in [3.8, 4) is 5.75 Å². The molecule has 2 amide bonds. The van der Waals surface area contributed by atoms with Crippen LogP contribution in [0.25, 0.3) is 0 Å². The fraction of sp³-hybridized carbons (Fsp3) is 0.636. The molecule has 0 aromatic heterocycles. The largest absolute Gasteiger partial charge is 0.494 e. The first-order valence-electron chi connectivity index (χ1n) is 10.7. The summed E-state index contributed by atoms with van der Waals surface area (Å²) in [6.07, 6.45) is 2.36. The van der Waals surface area contributed by atoms with Crippen molar-refractivity contribution in [2.24, 2.45) is 11.8 Å². The molecule has 1 aromatic carbocycles. The second-order valence-electron chi connectivity index (χ2n) is 7.78. The molecule has 1 fully saturated rings.